The lowest BCUT2D eigenvalue weighted by atomic mass is 10.2. The maximum absolute atomic E-state index is 12.1. The number of nitrogens with zero attached hydrogens (tertiary/aromatic N) is 1. The fourth-order valence-corrected chi connectivity index (χ4v) is 4.24. The lowest BCUT2D eigenvalue weighted by molar-refractivity contribution is -0.135. The molecule has 8 heteroatoms. The molecule has 2 atom stereocenters. The molecule has 21 heavy (non-hydrogen) atoms. The quantitative estimate of drug-likeness (QED) is 0.685. The lowest BCUT2D eigenvalue weighted by Crippen LogP contribution is -2.50. The van der Waals surface area contributed by atoms with Gasteiger partial charge in [0.1, 0.15) is 6.04 Å². The summed E-state index contributed by atoms with van der Waals surface area (Å²) < 4.78 is 23.0. The number of hydrogen-bond donors (Lipinski definition) is 2. The maximum Gasteiger partial charge on any atom is 0.244 e. The van der Waals surface area contributed by atoms with Crippen molar-refractivity contribution in [2.75, 3.05) is 31.1 Å². The Balaban J connectivity index is 1.79. The number of likely N-dealkylation sites (tertiary alicyclic amines) is 1. The van der Waals surface area contributed by atoms with Crippen LogP contribution in [0.4, 0.5) is 0 Å². The van der Waals surface area contributed by atoms with E-state index in [1.807, 2.05) is 0 Å². The SMILES string of the molecule is CC(NC(=O)CC1CS(=O)(=O)CCN1)C(=O)N1CCCC1. The zero-order valence-electron chi connectivity index (χ0n) is 12.3. The van der Waals surface area contributed by atoms with Crippen molar-refractivity contribution in [3.8, 4) is 0 Å². The van der Waals surface area contributed by atoms with E-state index in [4.69, 9.17) is 0 Å². The van der Waals surface area contributed by atoms with E-state index < -0.39 is 15.9 Å². The summed E-state index contributed by atoms with van der Waals surface area (Å²) in [7, 11) is -3.05. The highest BCUT2D eigenvalue weighted by atomic mass is 32.2. The molecule has 0 aromatic carbocycles. The van der Waals surface area contributed by atoms with Gasteiger partial charge in [-0.2, -0.15) is 0 Å². The molecule has 2 unspecified atom stereocenters. The average Bonchev–Trinajstić information content (AvgIpc) is 2.89. The molecule has 2 amide bonds. The van der Waals surface area contributed by atoms with Crippen LogP contribution in [-0.2, 0) is 19.4 Å². The number of nitrogens with one attached hydrogen (secondary N) is 2. The lowest BCUT2D eigenvalue weighted by Gasteiger charge is -2.25. The molecule has 0 saturated carbocycles. The Kier molecular flexibility index (Phi) is 5.21. The largest absolute Gasteiger partial charge is 0.345 e. The van der Waals surface area contributed by atoms with Crippen molar-refractivity contribution in [2.45, 2.75) is 38.3 Å². The number of carbonyl (C=O) groups excluding carboxylic acids is 2. The van der Waals surface area contributed by atoms with Gasteiger partial charge in [0.25, 0.3) is 0 Å². The molecule has 0 spiro atoms. The monoisotopic (exact) mass is 317 g/mol. The minimum absolute atomic E-state index is 0.0190. The summed E-state index contributed by atoms with van der Waals surface area (Å²) >= 11 is 0. The first kappa shape index (κ1) is 16.2. The summed E-state index contributed by atoms with van der Waals surface area (Å²) in [6.07, 6.45) is 2.10. The van der Waals surface area contributed by atoms with E-state index in [1.54, 1.807) is 11.8 Å². The molecular formula is C13H23N3O4S. The Morgan fingerprint density at radius 1 is 1.33 bits per heavy atom. The highest BCUT2D eigenvalue weighted by Gasteiger charge is 2.28. The molecule has 2 fully saturated rings. The van der Waals surface area contributed by atoms with Gasteiger partial charge in [-0.25, -0.2) is 8.42 Å². The standard InChI is InChI=1S/C13H23N3O4S/c1-10(13(18)16-5-2-3-6-16)15-12(17)8-11-9-21(19,20)7-4-14-11/h10-11,14H,2-9H2,1H3,(H,15,17). The van der Waals surface area contributed by atoms with E-state index in [2.05, 4.69) is 10.6 Å². The zero-order valence-corrected chi connectivity index (χ0v) is 13.1. The van der Waals surface area contributed by atoms with E-state index in [-0.39, 0.29) is 35.8 Å². The van der Waals surface area contributed by atoms with Crippen LogP contribution in [0.25, 0.3) is 0 Å². The molecule has 2 saturated heterocycles. The van der Waals surface area contributed by atoms with E-state index in [9.17, 15) is 18.0 Å². The van der Waals surface area contributed by atoms with Crippen LogP contribution < -0.4 is 10.6 Å². The van der Waals surface area contributed by atoms with Crippen LogP contribution in [0.15, 0.2) is 0 Å². The highest BCUT2D eigenvalue weighted by Crippen LogP contribution is 2.09. The van der Waals surface area contributed by atoms with Gasteiger partial charge in [0.05, 0.1) is 11.5 Å². The fourth-order valence-electron chi connectivity index (χ4n) is 2.80. The van der Waals surface area contributed by atoms with Crippen molar-refractivity contribution in [1.82, 2.24) is 15.5 Å². The minimum atomic E-state index is -3.05. The van der Waals surface area contributed by atoms with Crippen LogP contribution in [-0.4, -0.2) is 68.4 Å². The van der Waals surface area contributed by atoms with E-state index in [1.165, 1.54) is 0 Å². The van der Waals surface area contributed by atoms with Crippen LogP contribution >= 0.6 is 0 Å². The first-order chi connectivity index (χ1) is 9.87. The Morgan fingerprint density at radius 2 is 2.00 bits per heavy atom. The molecule has 120 valence electrons. The first-order valence-electron chi connectivity index (χ1n) is 7.39. The number of amides is 2. The third-order valence-corrected chi connectivity index (χ3v) is 5.64. The second-order valence-electron chi connectivity index (χ2n) is 5.79. The third kappa shape index (κ3) is 4.67. The molecule has 0 aromatic heterocycles. The summed E-state index contributed by atoms with van der Waals surface area (Å²) in [5.74, 6) is -0.251. The third-order valence-electron chi connectivity index (χ3n) is 3.90. The molecule has 2 heterocycles. The van der Waals surface area contributed by atoms with Crippen LogP contribution in [0.1, 0.15) is 26.2 Å². The van der Waals surface area contributed by atoms with Gasteiger partial charge in [0, 0.05) is 32.1 Å². The van der Waals surface area contributed by atoms with Gasteiger partial charge in [-0.3, -0.25) is 9.59 Å². The Labute approximate surface area is 125 Å². The van der Waals surface area contributed by atoms with Gasteiger partial charge in [-0.05, 0) is 19.8 Å². The predicted molar refractivity (Wildman–Crippen MR) is 78.5 cm³/mol. The zero-order chi connectivity index (χ0) is 15.5. The molecule has 2 aliphatic heterocycles. The second kappa shape index (κ2) is 6.74. The summed E-state index contributed by atoms with van der Waals surface area (Å²) in [6, 6.07) is -0.923. The number of rotatable bonds is 4. The van der Waals surface area contributed by atoms with Gasteiger partial charge in [0.2, 0.25) is 11.8 Å². The van der Waals surface area contributed by atoms with Gasteiger partial charge in [0.15, 0.2) is 9.84 Å². The Morgan fingerprint density at radius 3 is 2.62 bits per heavy atom. The van der Waals surface area contributed by atoms with Crippen LogP contribution in [0.5, 0.6) is 0 Å². The Bertz CT molecular complexity index is 500. The average molecular weight is 317 g/mol. The molecule has 7 nitrogen and oxygen atoms in total. The molecule has 2 rings (SSSR count). The minimum Gasteiger partial charge on any atom is -0.345 e. The first-order valence-corrected chi connectivity index (χ1v) is 9.21. The number of carbonyl (C=O) groups is 2. The van der Waals surface area contributed by atoms with Crippen molar-refractivity contribution in [3.05, 3.63) is 0 Å². The fraction of sp³-hybridized carbons (Fsp3) is 0.846. The van der Waals surface area contributed by atoms with Crippen molar-refractivity contribution >= 4 is 21.7 Å². The summed E-state index contributed by atoms with van der Waals surface area (Å²) in [6.45, 7) is 3.55. The smallest absolute Gasteiger partial charge is 0.244 e. The molecule has 0 bridgehead atoms. The number of sulfone groups is 1. The molecule has 2 aliphatic rings. The van der Waals surface area contributed by atoms with Crippen molar-refractivity contribution in [1.29, 1.82) is 0 Å². The van der Waals surface area contributed by atoms with Crippen molar-refractivity contribution < 1.29 is 18.0 Å². The summed E-state index contributed by atoms with van der Waals surface area (Å²) in [5.41, 5.74) is 0. The van der Waals surface area contributed by atoms with Gasteiger partial charge < -0.3 is 15.5 Å². The molecular weight excluding hydrogens is 294 g/mol. The normalized spacial score (nSPS) is 26.3. The molecule has 0 aromatic rings. The van der Waals surface area contributed by atoms with Crippen LogP contribution in [0, 0.1) is 0 Å². The van der Waals surface area contributed by atoms with E-state index in [0.29, 0.717) is 6.54 Å². The van der Waals surface area contributed by atoms with E-state index >= 15 is 0 Å². The van der Waals surface area contributed by atoms with E-state index in [0.717, 1.165) is 25.9 Å². The Hall–Kier alpha value is -1.15. The highest BCUT2D eigenvalue weighted by molar-refractivity contribution is 7.91. The van der Waals surface area contributed by atoms with Gasteiger partial charge in [-0.1, -0.05) is 0 Å². The second-order valence-corrected chi connectivity index (χ2v) is 8.02. The van der Waals surface area contributed by atoms with Crippen LogP contribution in [0.3, 0.4) is 0 Å². The van der Waals surface area contributed by atoms with Crippen molar-refractivity contribution in [2.24, 2.45) is 0 Å². The topological polar surface area (TPSA) is 95.6 Å². The predicted octanol–water partition coefficient (Wildman–Crippen LogP) is -1.11. The van der Waals surface area contributed by atoms with Gasteiger partial charge in [-0.15, -0.1) is 0 Å². The molecule has 0 radical (unpaired) electrons. The molecule has 0 aliphatic carbocycles. The van der Waals surface area contributed by atoms with Gasteiger partial charge >= 0.3 is 0 Å². The summed E-state index contributed by atoms with van der Waals surface area (Å²) in [5, 5.41) is 5.69. The molecule has 2 N–H and O–H groups in total. The van der Waals surface area contributed by atoms with Crippen molar-refractivity contribution in [3.63, 3.8) is 0 Å². The maximum atomic E-state index is 12.1. The summed E-state index contributed by atoms with van der Waals surface area (Å²) in [4.78, 5) is 25.8. The van der Waals surface area contributed by atoms with Crippen LogP contribution in [0.2, 0.25) is 0 Å². The number of hydrogen-bond acceptors (Lipinski definition) is 5.